The van der Waals surface area contributed by atoms with Gasteiger partial charge < -0.3 is 5.11 Å². The normalized spacial score (nSPS) is 29.6. The Balaban J connectivity index is 1.82. The minimum Gasteiger partial charge on any atom is -0.393 e. The summed E-state index contributed by atoms with van der Waals surface area (Å²) in [5.41, 5.74) is 0. The molecule has 2 unspecified atom stereocenters. The maximum Gasteiger partial charge on any atom is 0.0596 e. The fourth-order valence-corrected chi connectivity index (χ4v) is 3.15. The zero-order valence-corrected chi connectivity index (χ0v) is 9.41. The van der Waals surface area contributed by atoms with Crippen LogP contribution in [-0.4, -0.2) is 11.2 Å². The second-order valence-electron chi connectivity index (χ2n) is 5.44. The molecule has 82 valence electrons. The SMILES string of the molecule is CC(C1CCCCC1)C(O)C1CCC1. The van der Waals surface area contributed by atoms with E-state index in [9.17, 15) is 5.11 Å². The lowest BCUT2D eigenvalue weighted by molar-refractivity contribution is -0.00678. The van der Waals surface area contributed by atoms with Crippen LogP contribution in [0.1, 0.15) is 58.3 Å². The van der Waals surface area contributed by atoms with E-state index in [0.717, 1.165) is 5.92 Å². The topological polar surface area (TPSA) is 20.2 Å². The fraction of sp³-hybridized carbons (Fsp3) is 1.00. The van der Waals surface area contributed by atoms with Crippen molar-refractivity contribution in [3.63, 3.8) is 0 Å². The first kappa shape index (κ1) is 10.5. The van der Waals surface area contributed by atoms with Crippen molar-refractivity contribution in [2.75, 3.05) is 0 Å². The molecule has 14 heavy (non-hydrogen) atoms. The minimum absolute atomic E-state index is 0.00634. The molecule has 0 spiro atoms. The van der Waals surface area contributed by atoms with Gasteiger partial charge in [0.05, 0.1) is 6.10 Å². The molecule has 2 aliphatic carbocycles. The Labute approximate surface area is 87.9 Å². The Morgan fingerprint density at radius 2 is 1.43 bits per heavy atom. The van der Waals surface area contributed by atoms with Gasteiger partial charge in [-0.3, -0.25) is 0 Å². The highest BCUT2D eigenvalue weighted by atomic mass is 16.3. The third kappa shape index (κ3) is 2.13. The Morgan fingerprint density at radius 3 is 1.93 bits per heavy atom. The summed E-state index contributed by atoms with van der Waals surface area (Å²) in [5, 5.41) is 10.2. The second-order valence-corrected chi connectivity index (χ2v) is 5.44. The molecule has 2 rings (SSSR count). The van der Waals surface area contributed by atoms with E-state index in [-0.39, 0.29) is 6.10 Å². The van der Waals surface area contributed by atoms with Crippen molar-refractivity contribution < 1.29 is 5.11 Å². The number of hydrogen-bond donors (Lipinski definition) is 1. The van der Waals surface area contributed by atoms with Crippen LogP contribution in [0.4, 0.5) is 0 Å². The average molecular weight is 196 g/mol. The standard InChI is InChI=1S/C13H24O/c1-10(11-6-3-2-4-7-11)13(14)12-8-5-9-12/h10-14H,2-9H2,1H3. The minimum atomic E-state index is 0.00634. The van der Waals surface area contributed by atoms with Crippen LogP contribution in [0.3, 0.4) is 0 Å². The lowest BCUT2D eigenvalue weighted by atomic mass is 9.70. The third-order valence-electron chi connectivity index (χ3n) is 4.56. The van der Waals surface area contributed by atoms with Crippen LogP contribution in [0.2, 0.25) is 0 Å². The predicted molar refractivity (Wildman–Crippen MR) is 59.1 cm³/mol. The van der Waals surface area contributed by atoms with Crippen molar-refractivity contribution in [2.45, 2.75) is 64.4 Å². The molecule has 0 radical (unpaired) electrons. The maximum atomic E-state index is 10.2. The zero-order valence-electron chi connectivity index (χ0n) is 9.41. The monoisotopic (exact) mass is 196 g/mol. The summed E-state index contributed by atoms with van der Waals surface area (Å²) in [4.78, 5) is 0. The molecule has 0 amide bonds. The summed E-state index contributed by atoms with van der Waals surface area (Å²) < 4.78 is 0. The van der Waals surface area contributed by atoms with Gasteiger partial charge in [0.2, 0.25) is 0 Å². The van der Waals surface area contributed by atoms with Gasteiger partial charge in [0.1, 0.15) is 0 Å². The van der Waals surface area contributed by atoms with Crippen molar-refractivity contribution in [2.24, 2.45) is 17.8 Å². The van der Waals surface area contributed by atoms with E-state index in [2.05, 4.69) is 6.92 Å². The van der Waals surface area contributed by atoms with Gasteiger partial charge in [0, 0.05) is 0 Å². The van der Waals surface area contributed by atoms with Crippen molar-refractivity contribution >= 4 is 0 Å². The van der Waals surface area contributed by atoms with Gasteiger partial charge in [-0.1, -0.05) is 45.4 Å². The average Bonchev–Trinajstić information content (AvgIpc) is 2.15. The highest BCUT2D eigenvalue weighted by molar-refractivity contribution is 4.84. The van der Waals surface area contributed by atoms with Crippen molar-refractivity contribution in [1.29, 1.82) is 0 Å². The number of hydrogen-bond acceptors (Lipinski definition) is 1. The fourth-order valence-electron chi connectivity index (χ4n) is 3.15. The van der Waals surface area contributed by atoms with E-state index in [4.69, 9.17) is 0 Å². The van der Waals surface area contributed by atoms with Gasteiger partial charge in [-0.2, -0.15) is 0 Å². The van der Waals surface area contributed by atoms with Crippen molar-refractivity contribution in [1.82, 2.24) is 0 Å². The highest BCUT2D eigenvalue weighted by Gasteiger charge is 2.33. The molecule has 0 bridgehead atoms. The van der Waals surface area contributed by atoms with Gasteiger partial charge in [0.25, 0.3) is 0 Å². The lowest BCUT2D eigenvalue weighted by Crippen LogP contribution is -2.36. The molecule has 1 heteroatoms. The van der Waals surface area contributed by atoms with E-state index in [1.54, 1.807) is 0 Å². The molecule has 1 N–H and O–H groups in total. The number of aliphatic hydroxyl groups is 1. The Kier molecular flexibility index (Phi) is 3.48. The summed E-state index contributed by atoms with van der Waals surface area (Å²) in [7, 11) is 0. The maximum absolute atomic E-state index is 10.2. The molecule has 2 aliphatic rings. The first-order valence-electron chi connectivity index (χ1n) is 6.47. The Hall–Kier alpha value is -0.0400. The van der Waals surface area contributed by atoms with Crippen LogP contribution in [0.5, 0.6) is 0 Å². The Morgan fingerprint density at radius 1 is 0.857 bits per heavy atom. The first-order valence-corrected chi connectivity index (χ1v) is 6.47. The van der Waals surface area contributed by atoms with Crippen LogP contribution in [0, 0.1) is 17.8 Å². The molecular weight excluding hydrogens is 172 g/mol. The van der Waals surface area contributed by atoms with Gasteiger partial charge in [-0.05, 0) is 30.6 Å². The summed E-state index contributed by atoms with van der Waals surface area (Å²) in [5.74, 6) is 2.02. The van der Waals surface area contributed by atoms with Crippen LogP contribution >= 0.6 is 0 Å². The van der Waals surface area contributed by atoms with E-state index < -0.39 is 0 Å². The number of aliphatic hydroxyl groups excluding tert-OH is 1. The van der Waals surface area contributed by atoms with Crippen molar-refractivity contribution in [3.8, 4) is 0 Å². The molecule has 0 aliphatic heterocycles. The first-order chi connectivity index (χ1) is 6.79. The van der Waals surface area contributed by atoms with Crippen LogP contribution in [0.15, 0.2) is 0 Å². The van der Waals surface area contributed by atoms with Gasteiger partial charge in [-0.15, -0.1) is 0 Å². The summed E-state index contributed by atoms with van der Waals surface area (Å²) in [6.07, 6.45) is 10.8. The lowest BCUT2D eigenvalue weighted by Gasteiger charge is -2.38. The second kappa shape index (κ2) is 4.65. The third-order valence-corrected chi connectivity index (χ3v) is 4.56. The quantitative estimate of drug-likeness (QED) is 0.734. The zero-order chi connectivity index (χ0) is 9.97. The van der Waals surface area contributed by atoms with Gasteiger partial charge in [-0.25, -0.2) is 0 Å². The molecule has 0 heterocycles. The summed E-state index contributed by atoms with van der Waals surface area (Å²) in [6.45, 7) is 2.28. The highest BCUT2D eigenvalue weighted by Crippen LogP contribution is 2.38. The van der Waals surface area contributed by atoms with Gasteiger partial charge in [0.15, 0.2) is 0 Å². The van der Waals surface area contributed by atoms with E-state index >= 15 is 0 Å². The van der Waals surface area contributed by atoms with E-state index in [1.807, 2.05) is 0 Å². The van der Waals surface area contributed by atoms with Crippen molar-refractivity contribution in [3.05, 3.63) is 0 Å². The van der Waals surface area contributed by atoms with E-state index in [1.165, 1.54) is 51.4 Å². The number of rotatable bonds is 3. The predicted octanol–water partition coefficient (Wildman–Crippen LogP) is 3.36. The van der Waals surface area contributed by atoms with E-state index in [0.29, 0.717) is 11.8 Å². The van der Waals surface area contributed by atoms with Crippen LogP contribution in [0.25, 0.3) is 0 Å². The Bertz CT molecular complexity index is 166. The summed E-state index contributed by atoms with van der Waals surface area (Å²) in [6, 6.07) is 0. The molecule has 2 fully saturated rings. The molecule has 1 nitrogen and oxygen atoms in total. The van der Waals surface area contributed by atoms with Crippen LogP contribution in [-0.2, 0) is 0 Å². The van der Waals surface area contributed by atoms with Crippen LogP contribution < -0.4 is 0 Å². The molecule has 2 atom stereocenters. The molecular formula is C13H24O. The molecule has 0 saturated heterocycles. The summed E-state index contributed by atoms with van der Waals surface area (Å²) >= 11 is 0. The molecule has 0 aromatic carbocycles. The largest absolute Gasteiger partial charge is 0.393 e. The molecule has 2 saturated carbocycles. The van der Waals surface area contributed by atoms with Gasteiger partial charge >= 0.3 is 0 Å². The smallest absolute Gasteiger partial charge is 0.0596 e. The molecule has 0 aromatic rings. The molecule has 0 aromatic heterocycles.